The molecule has 15 nitrogen and oxygen atoms in total. The average molecular weight is 619 g/mol. The number of β-lactam (4-membered cyclic amide) rings is 1. The number of nitrogens with two attached hydrogens (primary N) is 1. The summed E-state index contributed by atoms with van der Waals surface area (Å²) in [6, 6.07) is -1.35. The van der Waals surface area contributed by atoms with Crippen molar-refractivity contribution in [3.05, 3.63) is 34.0 Å². The lowest BCUT2D eigenvalue weighted by Crippen LogP contribution is -2.71. The van der Waals surface area contributed by atoms with Crippen molar-refractivity contribution in [2.75, 3.05) is 24.6 Å². The number of hydrogen-bond acceptors (Lipinski definition) is 12. The van der Waals surface area contributed by atoms with Crippen LogP contribution in [-0.4, -0.2) is 103 Å². The van der Waals surface area contributed by atoms with Crippen molar-refractivity contribution in [1.29, 1.82) is 0 Å². The number of allylic oxidation sites excluding steroid dienone is 1. The van der Waals surface area contributed by atoms with Crippen molar-refractivity contribution < 1.29 is 57.0 Å². The van der Waals surface area contributed by atoms with Crippen LogP contribution >= 0.6 is 23.1 Å². The zero-order valence-corrected chi connectivity index (χ0v) is 21.8. The maximum atomic E-state index is 13.0. The van der Waals surface area contributed by atoms with E-state index in [2.05, 4.69) is 20.3 Å². The highest BCUT2D eigenvalue weighted by atomic mass is 32.2. The Labute approximate surface area is 234 Å². The quantitative estimate of drug-likeness (QED) is 0.0954. The van der Waals surface area contributed by atoms with Gasteiger partial charge in [0.25, 0.3) is 11.8 Å². The van der Waals surface area contributed by atoms with Crippen LogP contribution in [0.25, 0.3) is 0 Å². The van der Waals surface area contributed by atoms with E-state index in [1.54, 1.807) is 0 Å². The number of halogens is 3. The van der Waals surface area contributed by atoms with Crippen LogP contribution in [0.1, 0.15) is 12.1 Å². The Hall–Kier alpha value is -4.46. The predicted octanol–water partition coefficient (Wildman–Crippen LogP) is -0.483. The highest BCUT2D eigenvalue weighted by Crippen LogP contribution is 2.41. The number of carbonyl (C=O) groups is 6. The van der Waals surface area contributed by atoms with Crippen LogP contribution in [-0.2, 0) is 33.6 Å². The number of carboxylic acids is 2. The molecule has 5 N–H and O–H groups in total. The summed E-state index contributed by atoms with van der Waals surface area (Å²) in [4.78, 5) is 82.0. The van der Waals surface area contributed by atoms with Crippen molar-refractivity contribution in [3.8, 4) is 0 Å². The molecule has 4 heterocycles. The molecule has 1 aromatic heterocycles. The third kappa shape index (κ3) is 6.01. The van der Waals surface area contributed by atoms with Crippen LogP contribution in [0.4, 0.5) is 18.3 Å². The summed E-state index contributed by atoms with van der Waals surface area (Å²) >= 11 is 1.82. The summed E-state index contributed by atoms with van der Waals surface area (Å²) < 4.78 is 37.6. The van der Waals surface area contributed by atoms with Crippen molar-refractivity contribution in [1.82, 2.24) is 20.1 Å². The number of rotatable bonds is 8. The van der Waals surface area contributed by atoms with Crippen LogP contribution in [0, 0.1) is 0 Å². The number of amides is 3. The van der Waals surface area contributed by atoms with E-state index < -0.39 is 71.2 Å². The van der Waals surface area contributed by atoms with Gasteiger partial charge in [0.15, 0.2) is 10.8 Å². The average Bonchev–Trinajstić information content (AvgIpc) is 3.46. The van der Waals surface area contributed by atoms with Gasteiger partial charge in [0.1, 0.15) is 29.4 Å². The molecule has 2 fully saturated rings. The SMILES string of the molecule is Nc1nc(C(=NOC(=O)C(F)(F)F)C(=O)N[C@@H]2C(=O)N3C(C(=O)O)=C(C=C4CCN(CC(=O)O)C4=O)CS[C@H]23)cs1. The van der Waals surface area contributed by atoms with Gasteiger partial charge < -0.3 is 31.0 Å². The van der Waals surface area contributed by atoms with Crippen molar-refractivity contribution in [3.63, 3.8) is 0 Å². The number of thiazole rings is 1. The van der Waals surface area contributed by atoms with E-state index in [9.17, 15) is 47.0 Å². The van der Waals surface area contributed by atoms with Gasteiger partial charge in [-0.05, 0) is 18.1 Å². The summed E-state index contributed by atoms with van der Waals surface area (Å²) in [6.07, 6.45) is -3.96. The van der Waals surface area contributed by atoms with Crippen LogP contribution in [0.5, 0.6) is 0 Å². The van der Waals surface area contributed by atoms with Gasteiger partial charge in [-0.25, -0.2) is 14.6 Å². The number of fused-ring (bicyclic) bond motifs is 1. The second kappa shape index (κ2) is 11.2. The monoisotopic (exact) mass is 618 g/mol. The topological polar surface area (TPSA) is 222 Å². The lowest BCUT2D eigenvalue weighted by Gasteiger charge is -2.49. The van der Waals surface area contributed by atoms with Gasteiger partial charge in [-0.1, -0.05) is 5.16 Å². The molecule has 4 rings (SSSR count). The molecule has 0 aliphatic carbocycles. The maximum Gasteiger partial charge on any atom is 0.493 e. The van der Waals surface area contributed by atoms with E-state index in [-0.39, 0.29) is 40.7 Å². The fraction of sp³-hybridized carbons (Fsp3) is 0.333. The molecule has 3 amide bonds. The zero-order valence-electron chi connectivity index (χ0n) is 20.2. The Morgan fingerprint density at radius 1 is 1.27 bits per heavy atom. The third-order valence-corrected chi connectivity index (χ3v) is 7.78. The first kappa shape index (κ1) is 29.5. The van der Waals surface area contributed by atoms with E-state index in [4.69, 9.17) is 10.8 Å². The van der Waals surface area contributed by atoms with Gasteiger partial charge in [-0.3, -0.25) is 24.1 Å². The van der Waals surface area contributed by atoms with E-state index in [1.807, 2.05) is 0 Å². The van der Waals surface area contributed by atoms with Gasteiger partial charge in [-0.2, -0.15) is 13.2 Å². The molecule has 0 bridgehead atoms. The Bertz CT molecular complexity index is 1450. The summed E-state index contributed by atoms with van der Waals surface area (Å²) in [6.45, 7) is -0.413. The number of oxime groups is 1. The van der Waals surface area contributed by atoms with E-state index in [0.717, 1.165) is 38.3 Å². The molecule has 0 radical (unpaired) electrons. The van der Waals surface area contributed by atoms with Crippen LogP contribution in [0.15, 0.2) is 33.5 Å². The van der Waals surface area contributed by atoms with Crippen LogP contribution in [0.3, 0.4) is 0 Å². The molecule has 41 heavy (non-hydrogen) atoms. The minimum Gasteiger partial charge on any atom is -0.480 e. The summed E-state index contributed by atoms with van der Waals surface area (Å²) in [5.74, 6) is -8.20. The molecular formula is C21H17F3N6O9S2. The number of nitrogens with one attached hydrogen (secondary N) is 1. The highest BCUT2D eigenvalue weighted by molar-refractivity contribution is 8.00. The molecule has 1 aromatic rings. The molecule has 20 heteroatoms. The summed E-state index contributed by atoms with van der Waals surface area (Å²) in [5.41, 5.74) is 4.06. The fourth-order valence-corrected chi connectivity index (χ4v) is 5.88. The van der Waals surface area contributed by atoms with Gasteiger partial charge in [0.2, 0.25) is 5.91 Å². The van der Waals surface area contributed by atoms with Gasteiger partial charge in [0.05, 0.1) is 0 Å². The summed E-state index contributed by atoms with van der Waals surface area (Å²) in [7, 11) is 0. The highest BCUT2D eigenvalue weighted by Gasteiger charge is 2.54. The van der Waals surface area contributed by atoms with Crippen molar-refractivity contribution >= 4 is 69.6 Å². The largest absolute Gasteiger partial charge is 0.493 e. The Morgan fingerprint density at radius 3 is 2.56 bits per heavy atom. The number of nitrogens with zero attached hydrogens (tertiary/aromatic N) is 4. The van der Waals surface area contributed by atoms with Gasteiger partial charge >= 0.3 is 24.1 Å². The Morgan fingerprint density at radius 2 is 1.98 bits per heavy atom. The number of carboxylic acid groups (broad SMARTS) is 2. The standard InChI is InChI=1S/C21H17F3N6O9S2/c22-21(23,24)19(38)39-28-11(9-6-41-20(25)26-9)14(33)27-12-16(35)30-13(18(36)37)8(5-40-17(12)30)3-7-1-2-29(15(7)34)4-10(31)32/h3,6,12,17H,1-2,4-5H2,(H2,25,26)(H,27,33)(H,31,32)(H,36,37)/t12-,17-/m1/s1. The van der Waals surface area contributed by atoms with E-state index >= 15 is 0 Å². The first-order valence-corrected chi connectivity index (χ1v) is 13.1. The van der Waals surface area contributed by atoms with Gasteiger partial charge in [-0.15, -0.1) is 23.1 Å². The molecule has 3 aliphatic heterocycles. The minimum atomic E-state index is -5.42. The molecule has 2 atom stereocenters. The Balaban J connectivity index is 1.54. The number of thioether (sulfide) groups is 1. The lowest BCUT2D eigenvalue weighted by molar-refractivity contribution is -0.199. The van der Waals surface area contributed by atoms with Crippen molar-refractivity contribution in [2.45, 2.75) is 24.0 Å². The first-order chi connectivity index (χ1) is 19.2. The molecule has 2 saturated heterocycles. The number of aromatic nitrogens is 1. The van der Waals surface area contributed by atoms with Crippen LogP contribution < -0.4 is 11.1 Å². The molecule has 0 aromatic carbocycles. The van der Waals surface area contributed by atoms with Crippen molar-refractivity contribution in [2.24, 2.45) is 5.16 Å². The second-order valence-electron chi connectivity index (χ2n) is 8.47. The smallest absolute Gasteiger partial charge is 0.480 e. The normalized spacial score (nSPS) is 22.0. The molecule has 218 valence electrons. The predicted molar refractivity (Wildman–Crippen MR) is 132 cm³/mol. The number of anilines is 1. The molecule has 0 saturated carbocycles. The number of alkyl halides is 3. The third-order valence-electron chi connectivity index (χ3n) is 5.81. The van der Waals surface area contributed by atoms with E-state index in [1.165, 1.54) is 6.08 Å². The minimum absolute atomic E-state index is 0.0229. The zero-order chi connectivity index (χ0) is 30.2. The molecule has 0 spiro atoms. The number of likely N-dealkylation sites (tertiary alicyclic amines) is 1. The van der Waals surface area contributed by atoms with E-state index in [0.29, 0.717) is 0 Å². The van der Waals surface area contributed by atoms with Crippen LogP contribution in [0.2, 0.25) is 0 Å². The first-order valence-electron chi connectivity index (χ1n) is 11.2. The number of nitrogen functional groups attached to an aromatic ring is 1. The second-order valence-corrected chi connectivity index (χ2v) is 10.5. The number of hydrogen-bond donors (Lipinski definition) is 4. The number of carbonyl (C=O) groups excluding carboxylic acids is 4. The molecular weight excluding hydrogens is 601 g/mol. The molecule has 0 unspecified atom stereocenters. The van der Waals surface area contributed by atoms with Gasteiger partial charge in [0, 0.05) is 23.3 Å². The Kier molecular flexibility index (Phi) is 8.06. The lowest BCUT2D eigenvalue weighted by atomic mass is 10.0. The summed E-state index contributed by atoms with van der Waals surface area (Å²) in [5, 5.41) is 24.0. The molecule has 3 aliphatic rings. The maximum absolute atomic E-state index is 13.0. The number of aliphatic carboxylic acids is 2. The fourth-order valence-electron chi connectivity index (χ4n) is 4.03.